The third-order valence-electron chi connectivity index (χ3n) is 5.82. The van der Waals surface area contributed by atoms with Crippen molar-refractivity contribution in [3.05, 3.63) is 53.7 Å². The molecule has 170 valence electrons. The van der Waals surface area contributed by atoms with Gasteiger partial charge in [-0.1, -0.05) is 41.9 Å². The van der Waals surface area contributed by atoms with Gasteiger partial charge in [-0.3, -0.25) is 10.00 Å². The summed E-state index contributed by atoms with van der Waals surface area (Å²) in [6.45, 7) is 2.29. The summed E-state index contributed by atoms with van der Waals surface area (Å²) in [5.41, 5.74) is 3.61. The first-order valence-corrected chi connectivity index (χ1v) is 11.3. The zero-order valence-corrected chi connectivity index (χ0v) is 19.0. The minimum Gasteiger partial charge on any atom is -0.491 e. The minimum atomic E-state index is -0.155. The van der Waals surface area contributed by atoms with Gasteiger partial charge in [0.1, 0.15) is 5.69 Å². The lowest BCUT2D eigenvalue weighted by Gasteiger charge is -2.29. The third-order valence-corrected chi connectivity index (χ3v) is 6.12. The summed E-state index contributed by atoms with van der Waals surface area (Å²) in [7, 11) is 2.05. The topological polar surface area (TPSA) is 99.2 Å². The van der Waals surface area contributed by atoms with Crippen LogP contribution in [-0.4, -0.2) is 63.1 Å². The highest BCUT2D eigenvalue weighted by molar-refractivity contribution is 6.35. The van der Waals surface area contributed by atoms with Gasteiger partial charge >= 0.3 is 0 Å². The molecule has 3 heterocycles. The Morgan fingerprint density at radius 2 is 2.00 bits per heavy atom. The molecule has 0 aliphatic carbocycles. The molecule has 1 fully saturated rings. The summed E-state index contributed by atoms with van der Waals surface area (Å²) in [6, 6.07) is 13.5. The first-order chi connectivity index (χ1) is 16.1. The molecule has 8 nitrogen and oxygen atoms in total. The van der Waals surface area contributed by atoms with Gasteiger partial charge in [0.25, 0.3) is 5.88 Å². The second-order valence-electron chi connectivity index (χ2n) is 8.25. The molecule has 1 aliphatic heterocycles. The number of anilines is 1. The molecule has 1 unspecified atom stereocenters. The summed E-state index contributed by atoms with van der Waals surface area (Å²) in [5.74, 6) is 0.193. The lowest BCUT2D eigenvalue weighted by atomic mass is 10.0. The highest BCUT2D eigenvalue weighted by atomic mass is 35.5. The van der Waals surface area contributed by atoms with Gasteiger partial charge in [0.15, 0.2) is 5.82 Å². The summed E-state index contributed by atoms with van der Waals surface area (Å²) in [6.07, 6.45) is 3.72. The Labute approximate surface area is 196 Å². The van der Waals surface area contributed by atoms with Crippen LogP contribution in [0.2, 0.25) is 5.02 Å². The standard InChI is InChI=1S/C24H25ClN6O2/c1-31-10-8-18(33-14-31)7-9-26-23-24(32)29-22(21(28-23)15-5-3-2-4-6-15)16-11-17-13-27-30-20(17)19(25)12-16/h2-6,11-13,18H,7-10,14H2,1H3,(H,26,28)(H,27,30)(H,29,32). The first kappa shape index (κ1) is 21.6. The Kier molecular flexibility index (Phi) is 6.13. The van der Waals surface area contributed by atoms with Crippen LogP contribution in [0.3, 0.4) is 0 Å². The molecule has 2 aromatic carbocycles. The van der Waals surface area contributed by atoms with Gasteiger partial charge in [-0.05, 0) is 32.0 Å². The van der Waals surface area contributed by atoms with Crippen LogP contribution in [-0.2, 0) is 4.74 Å². The smallest absolute Gasteiger partial charge is 0.255 e. The molecule has 3 N–H and O–H groups in total. The number of nitrogens with one attached hydrogen (secondary N) is 2. The maximum Gasteiger partial charge on any atom is 0.255 e. The van der Waals surface area contributed by atoms with E-state index in [2.05, 4.69) is 25.4 Å². The highest BCUT2D eigenvalue weighted by Gasteiger charge is 2.20. The maximum atomic E-state index is 10.7. The van der Waals surface area contributed by atoms with E-state index in [1.54, 1.807) is 6.20 Å². The number of aromatic amines is 1. The van der Waals surface area contributed by atoms with Crippen molar-refractivity contribution in [1.82, 2.24) is 25.1 Å². The number of halogens is 1. The van der Waals surface area contributed by atoms with Crippen LogP contribution in [0.15, 0.2) is 48.7 Å². The van der Waals surface area contributed by atoms with Crippen LogP contribution in [0.25, 0.3) is 33.4 Å². The molecule has 5 rings (SSSR count). The van der Waals surface area contributed by atoms with Crippen LogP contribution < -0.4 is 5.32 Å². The van der Waals surface area contributed by atoms with Gasteiger partial charge in [0.2, 0.25) is 0 Å². The van der Waals surface area contributed by atoms with Gasteiger partial charge in [0.05, 0.1) is 35.3 Å². The SMILES string of the molecule is CN1CCC(CCNc2nc(-c3ccccc3)c(-c3cc(Cl)c4[nH]ncc4c3)nc2O)OC1. The lowest BCUT2D eigenvalue weighted by molar-refractivity contribution is -0.0590. The van der Waals surface area contributed by atoms with Crippen LogP contribution >= 0.6 is 11.6 Å². The zero-order chi connectivity index (χ0) is 22.8. The second kappa shape index (κ2) is 9.35. The number of aromatic nitrogens is 4. The predicted molar refractivity (Wildman–Crippen MR) is 129 cm³/mol. The monoisotopic (exact) mass is 464 g/mol. The Balaban J connectivity index is 1.47. The van der Waals surface area contributed by atoms with Gasteiger partial charge < -0.3 is 15.2 Å². The van der Waals surface area contributed by atoms with Gasteiger partial charge in [0, 0.05) is 29.6 Å². The number of hydrogen-bond acceptors (Lipinski definition) is 7. The number of rotatable bonds is 6. The van der Waals surface area contributed by atoms with Crippen molar-refractivity contribution in [3.63, 3.8) is 0 Å². The molecule has 4 aromatic rings. The quantitative estimate of drug-likeness (QED) is 0.385. The molecule has 1 aliphatic rings. The molecular formula is C24H25ClN6O2. The maximum absolute atomic E-state index is 10.7. The van der Waals surface area contributed by atoms with E-state index in [4.69, 9.17) is 21.3 Å². The number of H-pyrrole nitrogens is 1. The molecule has 0 amide bonds. The van der Waals surface area contributed by atoms with E-state index < -0.39 is 0 Å². The van der Waals surface area contributed by atoms with Crippen molar-refractivity contribution in [3.8, 4) is 28.4 Å². The number of aromatic hydroxyl groups is 1. The molecule has 1 atom stereocenters. The summed E-state index contributed by atoms with van der Waals surface area (Å²) >= 11 is 6.47. The van der Waals surface area contributed by atoms with Gasteiger partial charge in [-0.15, -0.1) is 0 Å². The van der Waals surface area contributed by atoms with Crippen molar-refractivity contribution in [2.45, 2.75) is 18.9 Å². The van der Waals surface area contributed by atoms with Gasteiger partial charge in [-0.2, -0.15) is 5.10 Å². The van der Waals surface area contributed by atoms with Crippen LogP contribution in [0.1, 0.15) is 12.8 Å². The average Bonchev–Trinajstić information content (AvgIpc) is 3.31. The Morgan fingerprint density at radius 1 is 1.18 bits per heavy atom. The third kappa shape index (κ3) is 4.64. The largest absolute Gasteiger partial charge is 0.491 e. The van der Waals surface area contributed by atoms with E-state index in [0.29, 0.717) is 35.5 Å². The molecule has 9 heteroatoms. The molecule has 0 bridgehead atoms. The fourth-order valence-electron chi connectivity index (χ4n) is 4.02. The van der Waals surface area contributed by atoms with Crippen molar-refractivity contribution >= 4 is 28.3 Å². The van der Waals surface area contributed by atoms with E-state index in [1.807, 2.05) is 49.5 Å². The van der Waals surface area contributed by atoms with Gasteiger partial charge in [-0.25, -0.2) is 9.97 Å². The summed E-state index contributed by atoms with van der Waals surface area (Å²) < 4.78 is 5.84. The molecule has 0 spiro atoms. The van der Waals surface area contributed by atoms with E-state index >= 15 is 0 Å². The number of benzene rings is 2. The van der Waals surface area contributed by atoms with Crippen LogP contribution in [0.4, 0.5) is 5.82 Å². The van der Waals surface area contributed by atoms with Crippen LogP contribution in [0, 0.1) is 0 Å². The Bertz CT molecular complexity index is 1250. The summed E-state index contributed by atoms with van der Waals surface area (Å²) in [4.78, 5) is 11.5. The molecule has 2 aromatic heterocycles. The average molecular weight is 465 g/mol. The Hall–Kier alpha value is -3.20. The summed E-state index contributed by atoms with van der Waals surface area (Å²) in [5, 5.41) is 22.3. The van der Waals surface area contributed by atoms with E-state index in [0.717, 1.165) is 41.4 Å². The molecule has 33 heavy (non-hydrogen) atoms. The number of hydrogen-bond donors (Lipinski definition) is 3. The van der Waals surface area contributed by atoms with Crippen LogP contribution in [0.5, 0.6) is 5.88 Å². The van der Waals surface area contributed by atoms with Crippen molar-refractivity contribution in [2.24, 2.45) is 0 Å². The molecule has 0 saturated carbocycles. The first-order valence-electron chi connectivity index (χ1n) is 10.9. The minimum absolute atomic E-state index is 0.155. The Morgan fingerprint density at radius 3 is 2.79 bits per heavy atom. The number of nitrogens with zero attached hydrogens (tertiary/aromatic N) is 4. The second-order valence-corrected chi connectivity index (χ2v) is 8.66. The zero-order valence-electron chi connectivity index (χ0n) is 18.3. The fourth-order valence-corrected chi connectivity index (χ4v) is 4.29. The van der Waals surface area contributed by atoms with E-state index in [-0.39, 0.29) is 12.0 Å². The van der Waals surface area contributed by atoms with E-state index in [1.165, 1.54) is 0 Å². The van der Waals surface area contributed by atoms with Crippen molar-refractivity contribution in [2.75, 3.05) is 32.2 Å². The highest BCUT2D eigenvalue weighted by Crippen LogP contribution is 2.36. The molecular weight excluding hydrogens is 440 g/mol. The lowest BCUT2D eigenvalue weighted by Crippen LogP contribution is -2.36. The molecule has 0 radical (unpaired) electrons. The number of ether oxygens (including phenoxy) is 1. The normalized spacial score (nSPS) is 16.8. The fraction of sp³-hybridized carbons (Fsp3) is 0.292. The van der Waals surface area contributed by atoms with E-state index in [9.17, 15) is 5.11 Å². The predicted octanol–water partition coefficient (Wildman–Crippen LogP) is 4.53. The number of fused-ring (bicyclic) bond motifs is 1. The molecule has 1 saturated heterocycles. The van der Waals surface area contributed by atoms with Crippen molar-refractivity contribution < 1.29 is 9.84 Å². The van der Waals surface area contributed by atoms with Crippen molar-refractivity contribution in [1.29, 1.82) is 0 Å².